The Morgan fingerprint density at radius 3 is 3.00 bits per heavy atom. The molecule has 0 atom stereocenters. The molecular formula is C8H12O. The molecule has 0 saturated carbocycles. The van der Waals surface area contributed by atoms with E-state index in [2.05, 4.69) is 12.8 Å². The minimum Gasteiger partial charge on any atom is -0.501 e. The van der Waals surface area contributed by atoms with E-state index < -0.39 is 0 Å². The van der Waals surface area contributed by atoms with Gasteiger partial charge in [-0.2, -0.15) is 0 Å². The lowest BCUT2D eigenvalue weighted by Gasteiger charge is -1.94. The van der Waals surface area contributed by atoms with Gasteiger partial charge in [-0.1, -0.05) is 19.3 Å². The molecule has 0 N–H and O–H groups in total. The lowest BCUT2D eigenvalue weighted by atomic mass is 10.4. The number of unbranched alkanes of at least 4 members (excludes halogenated alkanes) is 1. The average Bonchev–Trinajstić information content (AvgIpc) is 1.89. The third kappa shape index (κ3) is 7.10. The molecule has 1 nitrogen and oxygen atoms in total. The Balaban J connectivity index is 2.93. The zero-order valence-electron chi connectivity index (χ0n) is 5.76. The standard InChI is InChI=1S/C8H12O/c1-3-5-7-9-8-6-4-2/h1,5,7H,4,6,8H2,2H3/b7-5+. The Morgan fingerprint density at radius 1 is 1.67 bits per heavy atom. The van der Waals surface area contributed by atoms with Crippen LogP contribution in [0.4, 0.5) is 0 Å². The summed E-state index contributed by atoms with van der Waals surface area (Å²) in [6.07, 6.45) is 10.3. The fourth-order valence-electron chi connectivity index (χ4n) is 0.383. The van der Waals surface area contributed by atoms with Crippen molar-refractivity contribution in [3.63, 3.8) is 0 Å². The molecule has 0 spiro atoms. The van der Waals surface area contributed by atoms with Gasteiger partial charge in [-0.15, -0.1) is 6.42 Å². The van der Waals surface area contributed by atoms with Gasteiger partial charge < -0.3 is 4.74 Å². The highest BCUT2D eigenvalue weighted by Crippen LogP contribution is 1.87. The molecule has 0 heterocycles. The maximum atomic E-state index is 4.99. The van der Waals surface area contributed by atoms with Crippen LogP contribution in [0.1, 0.15) is 19.8 Å². The van der Waals surface area contributed by atoms with Gasteiger partial charge >= 0.3 is 0 Å². The first kappa shape index (κ1) is 8.10. The van der Waals surface area contributed by atoms with Crippen molar-refractivity contribution in [2.45, 2.75) is 19.8 Å². The largest absolute Gasteiger partial charge is 0.501 e. The van der Waals surface area contributed by atoms with Gasteiger partial charge in [-0.3, -0.25) is 0 Å². The molecule has 50 valence electrons. The van der Waals surface area contributed by atoms with Crippen molar-refractivity contribution < 1.29 is 4.74 Å². The summed E-state index contributed by atoms with van der Waals surface area (Å²) in [5.74, 6) is 2.34. The van der Waals surface area contributed by atoms with Gasteiger partial charge in [0.2, 0.25) is 0 Å². The van der Waals surface area contributed by atoms with Gasteiger partial charge in [0, 0.05) is 6.08 Å². The molecule has 0 aliphatic rings. The molecule has 0 bridgehead atoms. The Kier molecular flexibility index (Phi) is 6.39. The maximum Gasteiger partial charge on any atom is 0.0912 e. The van der Waals surface area contributed by atoms with Crippen LogP contribution in [0.2, 0.25) is 0 Å². The average molecular weight is 124 g/mol. The summed E-state index contributed by atoms with van der Waals surface area (Å²) in [6, 6.07) is 0. The summed E-state index contributed by atoms with van der Waals surface area (Å²) in [4.78, 5) is 0. The molecule has 0 aromatic rings. The summed E-state index contributed by atoms with van der Waals surface area (Å²) in [6.45, 7) is 2.89. The van der Waals surface area contributed by atoms with Gasteiger partial charge in [0.1, 0.15) is 0 Å². The first-order valence-electron chi connectivity index (χ1n) is 3.14. The first-order chi connectivity index (χ1) is 4.41. The Labute approximate surface area is 56.7 Å². The lowest BCUT2D eigenvalue weighted by Crippen LogP contribution is -1.84. The third-order valence-corrected chi connectivity index (χ3v) is 0.876. The van der Waals surface area contributed by atoms with E-state index in [1.807, 2.05) is 0 Å². The topological polar surface area (TPSA) is 9.23 Å². The summed E-state index contributed by atoms with van der Waals surface area (Å²) in [7, 11) is 0. The number of terminal acetylenes is 1. The zero-order valence-corrected chi connectivity index (χ0v) is 5.76. The second-order valence-corrected chi connectivity index (χ2v) is 1.69. The molecule has 0 unspecified atom stereocenters. The first-order valence-corrected chi connectivity index (χ1v) is 3.14. The van der Waals surface area contributed by atoms with Crippen molar-refractivity contribution in [2.75, 3.05) is 6.61 Å². The Morgan fingerprint density at radius 2 is 2.44 bits per heavy atom. The van der Waals surface area contributed by atoms with Crippen molar-refractivity contribution in [1.29, 1.82) is 0 Å². The van der Waals surface area contributed by atoms with E-state index >= 15 is 0 Å². The smallest absolute Gasteiger partial charge is 0.0912 e. The molecule has 0 radical (unpaired) electrons. The van der Waals surface area contributed by atoms with E-state index in [0.717, 1.165) is 19.4 Å². The molecule has 0 rings (SSSR count). The fourth-order valence-corrected chi connectivity index (χ4v) is 0.383. The van der Waals surface area contributed by atoms with Crippen molar-refractivity contribution in [1.82, 2.24) is 0 Å². The predicted octanol–water partition coefficient (Wildman–Crippen LogP) is 1.95. The molecule has 1 heteroatoms. The van der Waals surface area contributed by atoms with Crippen LogP contribution >= 0.6 is 0 Å². The van der Waals surface area contributed by atoms with E-state index in [-0.39, 0.29) is 0 Å². The monoisotopic (exact) mass is 124 g/mol. The molecule has 0 aliphatic heterocycles. The summed E-state index contributed by atoms with van der Waals surface area (Å²) in [5, 5.41) is 0. The van der Waals surface area contributed by atoms with Gasteiger partial charge in [0.15, 0.2) is 0 Å². The summed E-state index contributed by atoms with van der Waals surface area (Å²) < 4.78 is 4.99. The SMILES string of the molecule is C#C/C=C/OCCCC. The minimum atomic E-state index is 0.772. The highest BCUT2D eigenvalue weighted by Gasteiger charge is 1.77. The minimum absolute atomic E-state index is 0.772. The highest BCUT2D eigenvalue weighted by molar-refractivity contribution is 5.05. The van der Waals surface area contributed by atoms with Crippen LogP contribution in [0.3, 0.4) is 0 Å². The van der Waals surface area contributed by atoms with E-state index in [0.29, 0.717) is 0 Å². The van der Waals surface area contributed by atoms with Gasteiger partial charge in [-0.05, 0) is 6.42 Å². The van der Waals surface area contributed by atoms with E-state index in [4.69, 9.17) is 11.2 Å². The molecule has 0 amide bonds. The quantitative estimate of drug-likeness (QED) is 0.316. The third-order valence-electron chi connectivity index (χ3n) is 0.876. The fraction of sp³-hybridized carbons (Fsp3) is 0.500. The van der Waals surface area contributed by atoms with Crippen molar-refractivity contribution in [3.8, 4) is 12.3 Å². The van der Waals surface area contributed by atoms with Gasteiger partial charge in [0.05, 0.1) is 12.9 Å². The lowest BCUT2D eigenvalue weighted by molar-refractivity contribution is 0.244. The summed E-state index contributed by atoms with van der Waals surface area (Å²) >= 11 is 0. The van der Waals surface area contributed by atoms with E-state index in [9.17, 15) is 0 Å². The van der Waals surface area contributed by atoms with Crippen LogP contribution in [0.25, 0.3) is 0 Å². The van der Waals surface area contributed by atoms with E-state index in [1.54, 1.807) is 12.3 Å². The molecular weight excluding hydrogens is 112 g/mol. The molecule has 0 fully saturated rings. The Bertz CT molecular complexity index is 108. The van der Waals surface area contributed by atoms with Gasteiger partial charge in [0.25, 0.3) is 0 Å². The van der Waals surface area contributed by atoms with E-state index in [1.165, 1.54) is 0 Å². The second-order valence-electron chi connectivity index (χ2n) is 1.69. The van der Waals surface area contributed by atoms with Gasteiger partial charge in [-0.25, -0.2) is 0 Å². The van der Waals surface area contributed by atoms with Crippen LogP contribution in [-0.4, -0.2) is 6.61 Å². The molecule has 0 aromatic carbocycles. The van der Waals surface area contributed by atoms with Crippen LogP contribution in [0.15, 0.2) is 12.3 Å². The number of hydrogen-bond donors (Lipinski definition) is 0. The van der Waals surface area contributed by atoms with Crippen molar-refractivity contribution >= 4 is 0 Å². The second kappa shape index (κ2) is 7.10. The molecule has 0 aromatic heterocycles. The number of allylic oxidation sites excluding steroid dienone is 1. The highest BCUT2D eigenvalue weighted by atomic mass is 16.5. The van der Waals surface area contributed by atoms with Crippen molar-refractivity contribution in [2.24, 2.45) is 0 Å². The van der Waals surface area contributed by atoms with Crippen LogP contribution in [0.5, 0.6) is 0 Å². The molecule has 0 saturated heterocycles. The van der Waals surface area contributed by atoms with Crippen LogP contribution < -0.4 is 0 Å². The Hall–Kier alpha value is -0.900. The van der Waals surface area contributed by atoms with Crippen molar-refractivity contribution in [3.05, 3.63) is 12.3 Å². The molecule has 9 heavy (non-hydrogen) atoms. The number of ether oxygens (including phenoxy) is 1. The number of rotatable bonds is 4. The summed E-state index contributed by atoms with van der Waals surface area (Å²) in [5.41, 5.74) is 0. The van der Waals surface area contributed by atoms with Crippen LogP contribution in [-0.2, 0) is 4.74 Å². The number of hydrogen-bond acceptors (Lipinski definition) is 1. The normalized spacial score (nSPS) is 9.33. The van der Waals surface area contributed by atoms with Crippen LogP contribution in [0, 0.1) is 12.3 Å². The zero-order chi connectivity index (χ0) is 6.95. The molecule has 0 aliphatic carbocycles. The maximum absolute atomic E-state index is 4.99. The predicted molar refractivity (Wildman–Crippen MR) is 38.8 cm³/mol.